The lowest BCUT2D eigenvalue weighted by Gasteiger charge is -2.08. The van der Waals surface area contributed by atoms with Gasteiger partial charge < -0.3 is 19.7 Å². The molecule has 6 nitrogen and oxygen atoms in total. The number of nitrogens with zero attached hydrogens (tertiary/aromatic N) is 1. The number of rotatable bonds is 7. The van der Waals surface area contributed by atoms with E-state index in [4.69, 9.17) is 20.9 Å². The molecule has 0 saturated carbocycles. The minimum atomic E-state index is -0.609. The van der Waals surface area contributed by atoms with E-state index in [2.05, 4.69) is 10.5 Å². The first-order valence-corrected chi connectivity index (χ1v) is 7.16. The predicted molar refractivity (Wildman–Crippen MR) is 81.8 cm³/mol. The Morgan fingerprint density at radius 2 is 2.32 bits per heavy atom. The summed E-state index contributed by atoms with van der Waals surface area (Å²) in [7, 11) is 1.51. The van der Waals surface area contributed by atoms with Crippen LogP contribution in [0.4, 0.5) is 0 Å². The van der Waals surface area contributed by atoms with E-state index < -0.39 is 6.10 Å². The van der Waals surface area contributed by atoms with E-state index in [0.717, 1.165) is 5.56 Å². The summed E-state index contributed by atoms with van der Waals surface area (Å²) >= 11 is 5.92. The molecule has 1 amide bonds. The van der Waals surface area contributed by atoms with E-state index in [1.807, 2.05) is 6.07 Å². The Bertz CT molecular complexity index is 630. The maximum absolute atomic E-state index is 11.9. The number of carbonyl (C=O) groups is 1. The van der Waals surface area contributed by atoms with Crippen molar-refractivity contribution in [1.82, 2.24) is 10.5 Å². The van der Waals surface area contributed by atoms with Gasteiger partial charge in [-0.1, -0.05) is 28.9 Å². The maximum atomic E-state index is 11.9. The molecule has 0 bridgehead atoms. The van der Waals surface area contributed by atoms with Crippen molar-refractivity contribution in [2.24, 2.45) is 0 Å². The van der Waals surface area contributed by atoms with Gasteiger partial charge in [-0.3, -0.25) is 4.79 Å². The molecule has 0 aliphatic rings. The molecule has 0 saturated heterocycles. The second-order valence-electron chi connectivity index (χ2n) is 4.74. The Labute approximate surface area is 133 Å². The van der Waals surface area contributed by atoms with Gasteiger partial charge in [-0.2, -0.15) is 0 Å². The number of amides is 1. The lowest BCUT2D eigenvalue weighted by atomic mass is 10.1. The van der Waals surface area contributed by atoms with Crippen LogP contribution in [0.2, 0.25) is 5.02 Å². The summed E-state index contributed by atoms with van der Waals surface area (Å²) in [5.74, 6) is -0.276. The molecule has 0 spiro atoms. The predicted octanol–water partition coefficient (Wildman–Crippen LogP) is 2.12. The largest absolute Gasteiger partial charge is 0.391 e. The fourth-order valence-corrected chi connectivity index (χ4v) is 2.07. The van der Waals surface area contributed by atoms with E-state index >= 15 is 0 Å². The fraction of sp³-hybridized carbons (Fsp3) is 0.333. The second-order valence-corrected chi connectivity index (χ2v) is 5.18. The zero-order valence-corrected chi connectivity index (χ0v) is 12.8. The summed E-state index contributed by atoms with van der Waals surface area (Å²) < 4.78 is 9.84. The van der Waals surface area contributed by atoms with Crippen molar-refractivity contribution in [1.29, 1.82) is 0 Å². The smallest absolute Gasteiger partial charge is 0.289 e. The van der Waals surface area contributed by atoms with Gasteiger partial charge in [-0.15, -0.1) is 0 Å². The van der Waals surface area contributed by atoms with Gasteiger partial charge in [0.1, 0.15) is 5.69 Å². The molecule has 1 atom stereocenters. The van der Waals surface area contributed by atoms with Gasteiger partial charge in [0.2, 0.25) is 5.76 Å². The molecule has 7 heteroatoms. The molecular formula is C15H17ClN2O4. The van der Waals surface area contributed by atoms with Gasteiger partial charge in [-0.25, -0.2) is 0 Å². The first-order chi connectivity index (χ1) is 10.6. The van der Waals surface area contributed by atoms with E-state index in [1.165, 1.54) is 7.11 Å². The van der Waals surface area contributed by atoms with Crippen molar-refractivity contribution >= 4 is 17.5 Å². The SMILES string of the molecule is COCC(O)CCNC(=O)c1cc(-c2cccc(Cl)c2)no1. The quantitative estimate of drug-likeness (QED) is 0.815. The molecule has 1 aromatic carbocycles. The topological polar surface area (TPSA) is 84.6 Å². The lowest BCUT2D eigenvalue weighted by molar-refractivity contribution is 0.0585. The summed E-state index contributed by atoms with van der Waals surface area (Å²) in [5, 5.41) is 16.6. The molecule has 2 N–H and O–H groups in total. The van der Waals surface area contributed by atoms with Gasteiger partial charge >= 0.3 is 0 Å². The third-order valence-corrected chi connectivity index (χ3v) is 3.21. The van der Waals surface area contributed by atoms with Crippen LogP contribution in [0.1, 0.15) is 17.0 Å². The monoisotopic (exact) mass is 324 g/mol. The van der Waals surface area contributed by atoms with Gasteiger partial charge in [0.05, 0.1) is 12.7 Å². The zero-order chi connectivity index (χ0) is 15.9. The standard InChI is InChI=1S/C15H17ClN2O4/c1-21-9-12(19)5-6-17-15(20)14-8-13(18-22-14)10-3-2-4-11(16)7-10/h2-4,7-8,12,19H,5-6,9H2,1H3,(H,17,20). The highest BCUT2D eigenvalue weighted by Gasteiger charge is 2.14. The first kappa shape index (κ1) is 16.5. The van der Waals surface area contributed by atoms with Crippen molar-refractivity contribution in [3.05, 3.63) is 41.1 Å². The van der Waals surface area contributed by atoms with Crippen LogP contribution in [0.25, 0.3) is 11.3 Å². The summed E-state index contributed by atoms with van der Waals surface area (Å²) in [4.78, 5) is 11.9. The number of benzene rings is 1. The molecule has 1 heterocycles. The molecule has 0 fully saturated rings. The highest BCUT2D eigenvalue weighted by atomic mass is 35.5. The molecule has 1 aromatic heterocycles. The fourth-order valence-electron chi connectivity index (χ4n) is 1.88. The van der Waals surface area contributed by atoms with Crippen LogP contribution in [0.3, 0.4) is 0 Å². The van der Waals surface area contributed by atoms with Crippen molar-refractivity contribution in [3.8, 4) is 11.3 Å². The highest BCUT2D eigenvalue weighted by Crippen LogP contribution is 2.22. The molecule has 1 unspecified atom stereocenters. The number of aliphatic hydroxyl groups excluding tert-OH is 1. The maximum Gasteiger partial charge on any atom is 0.289 e. The number of carbonyl (C=O) groups excluding carboxylic acids is 1. The average molecular weight is 325 g/mol. The van der Waals surface area contributed by atoms with Crippen molar-refractivity contribution < 1.29 is 19.2 Å². The number of ether oxygens (including phenoxy) is 1. The molecule has 2 rings (SSSR count). The number of hydrogen-bond acceptors (Lipinski definition) is 5. The zero-order valence-electron chi connectivity index (χ0n) is 12.1. The van der Waals surface area contributed by atoms with Crippen molar-refractivity contribution in [2.75, 3.05) is 20.3 Å². The van der Waals surface area contributed by atoms with E-state index in [9.17, 15) is 9.90 Å². The van der Waals surface area contributed by atoms with Crippen molar-refractivity contribution in [3.63, 3.8) is 0 Å². The molecule has 2 aromatic rings. The van der Waals surface area contributed by atoms with E-state index in [1.54, 1.807) is 24.3 Å². The van der Waals surface area contributed by atoms with Gasteiger partial charge in [0.15, 0.2) is 0 Å². The number of halogens is 1. The highest BCUT2D eigenvalue weighted by molar-refractivity contribution is 6.30. The Morgan fingerprint density at radius 1 is 1.50 bits per heavy atom. The van der Waals surface area contributed by atoms with Crippen LogP contribution < -0.4 is 5.32 Å². The summed E-state index contributed by atoms with van der Waals surface area (Å²) in [6, 6.07) is 8.66. The van der Waals surface area contributed by atoms with Crippen LogP contribution in [0.15, 0.2) is 34.9 Å². The third kappa shape index (κ3) is 4.56. The van der Waals surface area contributed by atoms with Gasteiger partial charge in [-0.05, 0) is 18.6 Å². The number of hydrogen-bond donors (Lipinski definition) is 2. The number of methoxy groups -OCH3 is 1. The Balaban J connectivity index is 1.92. The molecule has 0 aliphatic heterocycles. The Morgan fingerprint density at radius 3 is 3.05 bits per heavy atom. The third-order valence-electron chi connectivity index (χ3n) is 2.98. The Kier molecular flexibility index (Phi) is 5.94. The Hall–Kier alpha value is -1.89. The molecule has 118 valence electrons. The second kappa shape index (κ2) is 7.93. The van der Waals surface area contributed by atoms with Crippen LogP contribution in [-0.4, -0.2) is 42.5 Å². The lowest BCUT2D eigenvalue weighted by Crippen LogP contribution is -2.28. The normalized spacial score (nSPS) is 12.1. The molecule has 0 aliphatic carbocycles. The molecule has 0 radical (unpaired) electrons. The average Bonchev–Trinajstić information content (AvgIpc) is 2.97. The van der Waals surface area contributed by atoms with Crippen LogP contribution in [0.5, 0.6) is 0 Å². The first-order valence-electron chi connectivity index (χ1n) is 6.78. The van der Waals surface area contributed by atoms with E-state index in [-0.39, 0.29) is 18.3 Å². The minimum absolute atomic E-state index is 0.108. The molecular weight excluding hydrogens is 308 g/mol. The number of nitrogens with one attached hydrogen (secondary N) is 1. The minimum Gasteiger partial charge on any atom is -0.391 e. The van der Waals surface area contributed by atoms with Crippen LogP contribution >= 0.6 is 11.6 Å². The summed E-state index contributed by atoms with van der Waals surface area (Å²) in [6.45, 7) is 0.549. The summed E-state index contributed by atoms with van der Waals surface area (Å²) in [5.41, 5.74) is 1.30. The summed E-state index contributed by atoms with van der Waals surface area (Å²) in [6.07, 6.45) is -0.212. The van der Waals surface area contributed by atoms with Crippen molar-refractivity contribution in [2.45, 2.75) is 12.5 Å². The van der Waals surface area contributed by atoms with Crippen LogP contribution in [0, 0.1) is 0 Å². The number of aromatic nitrogens is 1. The van der Waals surface area contributed by atoms with Crippen LogP contribution in [-0.2, 0) is 4.74 Å². The van der Waals surface area contributed by atoms with E-state index in [0.29, 0.717) is 23.7 Å². The van der Waals surface area contributed by atoms with Gasteiger partial charge in [0.25, 0.3) is 5.91 Å². The van der Waals surface area contributed by atoms with Gasteiger partial charge in [0, 0.05) is 30.3 Å². The molecule has 22 heavy (non-hydrogen) atoms. The number of aliphatic hydroxyl groups is 1.